The van der Waals surface area contributed by atoms with E-state index in [1.54, 1.807) is 9.80 Å². The summed E-state index contributed by atoms with van der Waals surface area (Å²) in [6.45, 7) is 14.2. The largest absolute Gasteiger partial charge is 0.445 e. The monoisotopic (exact) mass is 672 g/mol. The van der Waals surface area contributed by atoms with E-state index in [0.29, 0.717) is 45.6 Å². The van der Waals surface area contributed by atoms with Gasteiger partial charge in [-0.3, -0.25) is 19.2 Å². The number of unbranched alkanes of at least 4 members (excludes halogenated alkanes) is 1. The van der Waals surface area contributed by atoms with Gasteiger partial charge in [0.2, 0.25) is 11.8 Å². The first-order chi connectivity index (χ1) is 22.1. The molecule has 1 aromatic carbocycles. The van der Waals surface area contributed by atoms with Crippen LogP contribution in [0.1, 0.15) is 87.9 Å². The summed E-state index contributed by atoms with van der Waals surface area (Å²) in [6.07, 6.45) is 3.31. The minimum absolute atomic E-state index is 0. The molecule has 3 fully saturated rings. The predicted molar refractivity (Wildman–Crippen MR) is 182 cm³/mol. The van der Waals surface area contributed by atoms with E-state index in [1.165, 1.54) is 5.56 Å². The SMILES string of the molecule is CCCCN1C(=O)[C@@H]([C@H](O)C(C)C)NC(=O)C12CCN(Cc1c(C)nn(C3CCN(C(=O)OCc4ccccc4)CC3)c1C)CC2.Cl. The van der Waals surface area contributed by atoms with E-state index < -0.39 is 17.7 Å². The van der Waals surface area contributed by atoms with E-state index in [1.807, 2.05) is 44.2 Å². The lowest BCUT2D eigenvalue weighted by atomic mass is 9.80. The number of likely N-dealkylation sites (tertiary alicyclic amines) is 2. The Hall–Kier alpha value is -3.15. The lowest BCUT2D eigenvalue weighted by Gasteiger charge is -2.52. The maximum atomic E-state index is 13.7. The Balaban J connectivity index is 0.00000500. The zero-order valence-corrected chi connectivity index (χ0v) is 29.4. The summed E-state index contributed by atoms with van der Waals surface area (Å²) in [7, 11) is 0. The Kier molecular flexibility index (Phi) is 12.4. The van der Waals surface area contributed by atoms with Crippen LogP contribution >= 0.6 is 12.4 Å². The van der Waals surface area contributed by atoms with Crippen molar-refractivity contribution in [2.75, 3.05) is 32.7 Å². The van der Waals surface area contributed by atoms with Gasteiger partial charge in [0.15, 0.2) is 0 Å². The maximum absolute atomic E-state index is 13.7. The summed E-state index contributed by atoms with van der Waals surface area (Å²) in [5.41, 5.74) is 3.45. The fourth-order valence-electron chi connectivity index (χ4n) is 7.28. The normalized spacial score (nSPS) is 21.1. The number of aryl methyl sites for hydroxylation is 1. The summed E-state index contributed by atoms with van der Waals surface area (Å²) in [5, 5.41) is 18.6. The molecule has 3 amide bonds. The third-order valence-electron chi connectivity index (χ3n) is 10.3. The van der Waals surface area contributed by atoms with Gasteiger partial charge in [-0.1, -0.05) is 57.5 Å². The number of carbonyl (C=O) groups is 3. The van der Waals surface area contributed by atoms with E-state index in [9.17, 15) is 19.5 Å². The van der Waals surface area contributed by atoms with E-state index in [-0.39, 0.29) is 48.9 Å². The zero-order valence-electron chi connectivity index (χ0n) is 28.6. The van der Waals surface area contributed by atoms with Crippen molar-refractivity contribution in [1.29, 1.82) is 0 Å². The Morgan fingerprint density at radius 3 is 2.36 bits per heavy atom. The van der Waals surface area contributed by atoms with E-state index in [2.05, 4.69) is 35.7 Å². The molecule has 3 saturated heterocycles. The number of carbonyl (C=O) groups excluding carboxylic acids is 3. The van der Waals surface area contributed by atoms with Gasteiger partial charge in [-0.05, 0) is 57.4 Å². The minimum Gasteiger partial charge on any atom is -0.445 e. The molecule has 0 radical (unpaired) electrons. The number of aliphatic hydroxyl groups excluding tert-OH is 1. The number of halogens is 1. The second-order valence-corrected chi connectivity index (χ2v) is 13.7. The Morgan fingerprint density at radius 2 is 1.74 bits per heavy atom. The highest BCUT2D eigenvalue weighted by Crippen LogP contribution is 2.35. The number of aromatic nitrogens is 2. The van der Waals surface area contributed by atoms with Gasteiger partial charge in [-0.25, -0.2) is 4.79 Å². The number of ether oxygens (including phenoxy) is 1. The summed E-state index contributed by atoms with van der Waals surface area (Å²) in [6, 6.07) is 9.05. The van der Waals surface area contributed by atoms with Gasteiger partial charge in [0.05, 0.1) is 17.8 Å². The molecule has 1 aromatic heterocycles. The molecule has 0 unspecified atom stereocenters. The lowest BCUT2D eigenvalue weighted by Crippen LogP contribution is -2.74. The number of nitrogens with zero attached hydrogens (tertiary/aromatic N) is 5. The molecule has 1 spiro atoms. The first-order valence-electron chi connectivity index (χ1n) is 17.1. The Morgan fingerprint density at radius 1 is 1.09 bits per heavy atom. The quantitative estimate of drug-likeness (QED) is 0.385. The molecule has 5 rings (SSSR count). The van der Waals surface area contributed by atoms with Crippen molar-refractivity contribution in [2.45, 2.75) is 110 Å². The van der Waals surface area contributed by atoms with Crippen LogP contribution in [0.25, 0.3) is 0 Å². The maximum Gasteiger partial charge on any atom is 0.410 e. The van der Waals surface area contributed by atoms with Crippen LogP contribution in [-0.4, -0.2) is 97.9 Å². The second-order valence-electron chi connectivity index (χ2n) is 13.7. The van der Waals surface area contributed by atoms with Gasteiger partial charge in [0.1, 0.15) is 18.2 Å². The van der Waals surface area contributed by atoms with Crippen LogP contribution in [0.5, 0.6) is 0 Å². The van der Waals surface area contributed by atoms with Crippen LogP contribution in [0.2, 0.25) is 0 Å². The highest BCUT2D eigenvalue weighted by molar-refractivity contribution is 6.00. The van der Waals surface area contributed by atoms with Gasteiger partial charge in [-0.15, -0.1) is 12.4 Å². The second kappa shape index (κ2) is 15.8. The van der Waals surface area contributed by atoms with Crippen LogP contribution in [0.3, 0.4) is 0 Å². The third kappa shape index (κ3) is 7.78. The number of piperazine rings is 1. The molecule has 4 heterocycles. The molecule has 11 nitrogen and oxygen atoms in total. The number of rotatable bonds is 10. The van der Waals surface area contributed by atoms with Gasteiger partial charge in [0, 0.05) is 50.5 Å². The van der Waals surface area contributed by atoms with Gasteiger partial charge in [0.25, 0.3) is 0 Å². The number of aliphatic hydroxyl groups is 1. The minimum atomic E-state index is -0.916. The molecule has 3 aliphatic heterocycles. The van der Waals surface area contributed by atoms with Crippen molar-refractivity contribution in [3.05, 3.63) is 52.8 Å². The molecule has 2 atom stereocenters. The number of nitrogens with one attached hydrogen (secondary N) is 1. The molecule has 0 aliphatic carbocycles. The van der Waals surface area contributed by atoms with Crippen molar-refractivity contribution in [3.63, 3.8) is 0 Å². The number of hydrogen-bond donors (Lipinski definition) is 2. The number of piperidine rings is 2. The lowest BCUT2D eigenvalue weighted by molar-refractivity contribution is -0.165. The first kappa shape index (κ1) is 36.7. The zero-order chi connectivity index (χ0) is 33.0. The topological polar surface area (TPSA) is 120 Å². The summed E-state index contributed by atoms with van der Waals surface area (Å²) in [4.78, 5) is 45.9. The van der Waals surface area contributed by atoms with Gasteiger partial charge >= 0.3 is 6.09 Å². The van der Waals surface area contributed by atoms with Crippen LogP contribution in [-0.2, 0) is 27.5 Å². The molecule has 12 heteroatoms. The first-order valence-corrected chi connectivity index (χ1v) is 17.1. The van der Waals surface area contributed by atoms with Crippen LogP contribution in [0.4, 0.5) is 4.79 Å². The molecule has 260 valence electrons. The average Bonchev–Trinajstić information content (AvgIpc) is 3.34. The van der Waals surface area contributed by atoms with Crippen molar-refractivity contribution < 1.29 is 24.2 Å². The van der Waals surface area contributed by atoms with Crippen LogP contribution in [0, 0.1) is 19.8 Å². The van der Waals surface area contributed by atoms with E-state index in [4.69, 9.17) is 9.84 Å². The number of benzene rings is 1. The average molecular weight is 673 g/mol. The number of hydrogen-bond acceptors (Lipinski definition) is 7. The highest BCUT2D eigenvalue weighted by atomic mass is 35.5. The highest BCUT2D eigenvalue weighted by Gasteiger charge is 2.54. The van der Waals surface area contributed by atoms with E-state index in [0.717, 1.165) is 49.2 Å². The van der Waals surface area contributed by atoms with Crippen molar-refractivity contribution in [1.82, 2.24) is 29.8 Å². The Bertz CT molecular complexity index is 1370. The molecule has 0 saturated carbocycles. The van der Waals surface area contributed by atoms with Crippen LogP contribution < -0.4 is 5.32 Å². The molecular weight excluding hydrogens is 620 g/mol. The molecule has 2 aromatic rings. The third-order valence-corrected chi connectivity index (χ3v) is 10.3. The fraction of sp³-hybridized carbons (Fsp3) is 0.657. The number of amides is 3. The fourth-order valence-corrected chi connectivity index (χ4v) is 7.28. The Labute approximate surface area is 285 Å². The molecule has 2 N–H and O–H groups in total. The summed E-state index contributed by atoms with van der Waals surface area (Å²) >= 11 is 0. The van der Waals surface area contributed by atoms with Crippen molar-refractivity contribution in [3.8, 4) is 0 Å². The smallest absolute Gasteiger partial charge is 0.410 e. The standard InChI is InChI=1S/C35H52N6O5.ClH/c1-6-7-17-40-32(43)30(31(42)24(2)3)36-33(44)35(40)15-20-38(21-16-35)22-29-25(4)37-41(26(29)5)28-13-18-39(19-14-28)34(45)46-23-27-11-9-8-10-12-27;/h8-12,24,28,30-31,42H,6-7,13-23H2,1-5H3,(H,36,44);1H/t30-,31-;/m1./s1. The van der Waals surface area contributed by atoms with Crippen molar-refractivity contribution in [2.24, 2.45) is 5.92 Å². The van der Waals surface area contributed by atoms with Crippen molar-refractivity contribution >= 4 is 30.3 Å². The predicted octanol–water partition coefficient (Wildman–Crippen LogP) is 4.37. The van der Waals surface area contributed by atoms with Crippen LogP contribution in [0.15, 0.2) is 30.3 Å². The molecule has 3 aliphatic rings. The summed E-state index contributed by atoms with van der Waals surface area (Å²) in [5.74, 6) is -0.436. The molecule has 47 heavy (non-hydrogen) atoms. The van der Waals surface area contributed by atoms with Gasteiger partial charge in [-0.2, -0.15) is 5.10 Å². The molecular formula is C35H53ClN6O5. The van der Waals surface area contributed by atoms with Gasteiger partial charge < -0.3 is 25.0 Å². The molecule has 0 bridgehead atoms. The van der Waals surface area contributed by atoms with E-state index >= 15 is 0 Å². The summed E-state index contributed by atoms with van der Waals surface area (Å²) < 4.78 is 7.69.